The molecule has 0 unspecified atom stereocenters. The van der Waals surface area contributed by atoms with Gasteiger partial charge < -0.3 is 14.6 Å². The molecule has 22 heavy (non-hydrogen) atoms. The minimum absolute atomic E-state index is 0.0618. The van der Waals surface area contributed by atoms with Crippen LogP contribution in [0.15, 0.2) is 23.1 Å². The van der Waals surface area contributed by atoms with Crippen LogP contribution in [0.5, 0.6) is 11.5 Å². The molecule has 1 saturated heterocycles. The van der Waals surface area contributed by atoms with Gasteiger partial charge in [-0.2, -0.15) is 0 Å². The van der Waals surface area contributed by atoms with E-state index in [2.05, 4.69) is 0 Å². The molecule has 1 aliphatic heterocycles. The van der Waals surface area contributed by atoms with E-state index in [4.69, 9.17) is 21.7 Å². The Morgan fingerprint density at radius 3 is 2.86 bits per heavy atom. The Bertz CT molecular complexity index is 616. The number of carbonyl (C=O) groups is 1. The summed E-state index contributed by atoms with van der Waals surface area (Å²) >= 11 is 6.53. The molecule has 118 valence electrons. The van der Waals surface area contributed by atoms with Crippen LogP contribution in [-0.4, -0.2) is 47.6 Å². The fourth-order valence-corrected chi connectivity index (χ4v) is 3.30. The molecule has 1 aromatic rings. The maximum Gasteiger partial charge on any atom is 0.266 e. The van der Waals surface area contributed by atoms with E-state index in [0.717, 1.165) is 12.0 Å². The molecule has 5 nitrogen and oxygen atoms in total. The Balaban J connectivity index is 2.15. The quantitative estimate of drug-likeness (QED) is 0.488. The largest absolute Gasteiger partial charge is 0.504 e. The van der Waals surface area contributed by atoms with E-state index in [1.54, 1.807) is 30.2 Å². The normalized spacial score (nSPS) is 16.6. The number of amides is 1. The van der Waals surface area contributed by atoms with Gasteiger partial charge in [0.05, 0.1) is 12.0 Å². The van der Waals surface area contributed by atoms with E-state index in [-0.39, 0.29) is 11.7 Å². The van der Waals surface area contributed by atoms with Crippen molar-refractivity contribution in [2.75, 3.05) is 27.4 Å². The van der Waals surface area contributed by atoms with Gasteiger partial charge >= 0.3 is 0 Å². The summed E-state index contributed by atoms with van der Waals surface area (Å²) in [5.74, 6) is 0.328. The lowest BCUT2D eigenvalue weighted by Gasteiger charge is -2.13. The van der Waals surface area contributed by atoms with Gasteiger partial charge in [-0.3, -0.25) is 9.69 Å². The number of phenols is 1. The molecular formula is C15H17NO4S2. The third-order valence-corrected chi connectivity index (χ3v) is 4.48. The summed E-state index contributed by atoms with van der Waals surface area (Å²) in [5, 5.41) is 9.59. The van der Waals surface area contributed by atoms with Crippen LogP contribution in [0.4, 0.5) is 0 Å². The summed E-state index contributed by atoms with van der Waals surface area (Å²) in [5.41, 5.74) is 0.770. The van der Waals surface area contributed by atoms with Crippen LogP contribution in [0, 0.1) is 0 Å². The van der Waals surface area contributed by atoms with Crippen molar-refractivity contribution in [2.24, 2.45) is 0 Å². The smallest absolute Gasteiger partial charge is 0.266 e. The number of hydrogen-bond donors (Lipinski definition) is 1. The number of ether oxygens (including phenoxy) is 2. The summed E-state index contributed by atoms with van der Waals surface area (Å²) in [6.45, 7) is 1.14. The van der Waals surface area contributed by atoms with Crippen molar-refractivity contribution in [3.63, 3.8) is 0 Å². The van der Waals surface area contributed by atoms with Gasteiger partial charge in [-0.05, 0) is 30.2 Å². The van der Waals surface area contributed by atoms with E-state index in [1.165, 1.54) is 24.9 Å². The molecule has 0 aromatic heterocycles. The topological polar surface area (TPSA) is 59.0 Å². The first-order chi connectivity index (χ1) is 10.6. The number of rotatable bonds is 6. The van der Waals surface area contributed by atoms with Gasteiger partial charge in [-0.15, -0.1) is 0 Å². The molecule has 1 heterocycles. The fourth-order valence-electron chi connectivity index (χ4n) is 2.00. The van der Waals surface area contributed by atoms with Gasteiger partial charge in [0.2, 0.25) is 0 Å². The first-order valence-electron chi connectivity index (χ1n) is 6.68. The molecule has 2 rings (SSSR count). The van der Waals surface area contributed by atoms with Crippen LogP contribution in [0.1, 0.15) is 12.0 Å². The van der Waals surface area contributed by atoms with Crippen molar-refractivity contribution in [1.29, 1.82) is 0 Å². The van der Waals surface area contributed by atoms with Gasteiger partial charge in [0, 0.05) is 20.3 Å². The highest BCUT2D eigenvalue weighted by Gasteiger charge is 2.31. The zero-order valence-electron chi connectivity index (χ0n) is 12.4. The molecule has 0 aliphatic carbocycles. The Kier molecular flexibility index (Phi) is 5.82. The molecule has 1 N–H and O–H groups in total. The highest BCUT2D eigenvalue weighted by Crippen LogP contribution is 2.34. The van der Waals surface area contributed by atoms with Gasteiger partial charge in [-0.1, -0.05) is 30.0 Å². The fraction of sp³-hybridized carbons (Fsp3) is 0.333. The third-order valence-electron chi connectivity index (χ3n) is 3.11. The lowest BCUT2D eigenvalue weighted by atomic mass is 10.2. The lowest BCUT2D eigenvalue weighted by molar-refractivity contribution is -0.122. The second kappa shape index (κ2) is 7.62. The van der Waals surface area contributed by atoms with E-state index >= 15 is 0 Å². The maximum atomic E-state index is 12.4. The average molecular weight is 339 g/mol. The van der Waals surface area contributed by atoms with E-state index in [1.807, 2.05) is 0 Å². The van der Waals surface area contributed by atoms with Crippen molar-refractivity contribution in [3.8, 4) is 11.5 Å². The minimum Gasteiger partial charge on any atom is -0.504 e. The monoisotopic (exact) mass is 339 g/mol. The van der Waals surface area contributed by atoms with Gasteiger partial charge in [0.1, 0.15) is 4.32 Å². The Morgan fingerprint density at radius 1 is 1.41 bits per heavy atom. The Hall–Kier alpha value is -1.57. The number of thiocarbonyl (C=S) groups is 1. The van der Waals surface area contributed by atoms with Crippen molar-refractivity contribution in [2.45, 2.75) is 6.42 Å². The summed E-state index contributed by atoms with van der Waals surface area (Å²) < 4.78 is 10.6. The van der Waals surface area contributed by atoms with Crippen LogP contribution in [0.25, 0.3) is 6.08 Å². The molecule has 0 atom stereocenters. The van der Waals surface area contributed by atoms with Crippen LogP contribution in [0.2, 0.25) is 0 Å². The van der Waals surface area contributed by atoms with Crippen molar-refractivity contribution in [3.05, 3.63) is 28.7 Å². The maximum absolute atomic E-state index is 12.4. The van der Waals surface area contributed by atoms with Crippen LogP contribution < -0.4 is 4.74 Å². The number of methoxy groups -OCH3 is 2. The summed E-state index contributed by atoms with van der Waals surface area (Å²) in [4.78, 5) is 14.5. The molecule has 1 aliphatic rings. The molecule has 7 heteroatoms. The van der Waals surface area contributed by atoms with E-state index < -0.39 is 0 Å². The average Bonchev–Trinajstić information content (AvgIpc) is 2.76. The van der Waals surface area contributed by atoms with Gasteiger partial charge in [0.25, 0.3) is 5.91 Å². The lowest BCUT2D eigenvalue weighted by Crippen LogP contribution is -2.29. The summed E-state index contributed by atoms with van der Waals surface area (Å²) in [7, 11) is 3.11. The Labute approximate surface area is 138 Å². The number of hydrogen-bond acceptors (Lipinski definition) is 6. The van der Waals surface area contributed by atoms with E-state index in [0.29, 0.717) is 28.1 Å². The summed E-state index contributed by atoms with van der Waals surface area (Å²) in [6, 6.07) is 4.92. The number of nitrogens with zero attached hydrogens (tertiary/aromatic N) is 1. The molecule has 1 aromatic carbocycles. The van der Waals surface area contributed by atoms with Crippen molar-refractivity contribution < 1.29 is 19.4 Å². The standard InChI is InChI=1S/C15H17NO4S2/c1-19-7-3-6-16-14(18)13(22-15(16)21)9-10-4-5-11(17)12(8-10)20-2/h4-5,8-9,17H,3,6-7H2,1-2H3/b13-9+. The predicted molar refractivity (Wildman–Crippen MR) is 91.0 cm³/mol. The SMILES string of the molecule is COCCCN1C(=O)/C(=C\c2ccc(O)c(OC)c2)SC1=S. The van der Waals surface area contributed by atoms with Crippen LogP contribution in [0.3, 0.4) is 0 Å². The second-order valence-electron chi connectivity index (χ2n) is 4.61. The first-order valence-corrected chi connectivity index (χ1v) is 7.90. The first kappa shape index (κ1) is 16.8. The molecule has 0 spiro atoms. The molecule has 1 amide bonds. The highest BCUT2D eigenvalue weighted by molar-refractivity contribution is 8.26. The highest BCUT2D eigenvalue weighted by atomic mass is 32.2. The summed E-state index contributed by atoms with van der Waals surface area (Å²) in [6.07, 6.45) is 2.49. The number of aromatic hydroxyl groups is 1. The molecular weight excluding hydrogens is 322 g/mol. The third kappa shape index (κ3) is 3.79. The van der Waals surface area contributed by atoms with Gasteiger partial charge in [0.15, 0.2) is 11.5 Å². The molecule has 0 saturated carbocycles. The van der Waals surface area contributed by atoms with Crippen LogP contribution in [-0.2, 0) is 9.53 Å². The predicted octanol–water partition coefficient (Wildman–Crippen LogP) is 2.64. The Morgan fingerprint density at radius 2 is 2.18 bits per heavy atom. The molecule has 1 fully saturated rings. The molecule has 0 bridgehead atoms. The van der Waals surface area contributed by atoms with E-state index in [9.17, 15) is 9.90 Å². The van der Waals surface area contributed by atoms with Crippen molar-refractivity contribution >= 4 is 40.3 Å². The zero-order valence-corrected chi connectivity index (χ0v) is 14.0. The van der Waals surface area contributed by atoms with Crippen molar-refractivity contribution in [1.82, 2.24) is 4.90 Å². The van der Waals surface area contributed by atoms with Crippen LogP contribution >= 0.6 is 24.0 Å². The number of thioether (sulfide) groups is 1. The van der Waals surface area contributed by atoms with Gasteiger partial charge in [-0.25, -0.2) is 0 Å². The zero-order chi connectivity index (χ0) is 16.1. The number of phenolic OH excluding ortho intramolecular Hbond substituents is 1. The minimum atomic E-state index is -0.0989. The number of carbonyl (C=O) groups excluding carboxylic acids is 1. The second-order valence-corrected chi connectivity index (χ2v) is 6.29. The number of benzene rings is 1. The molecule has 0 radical (unpaired) electrons.